The van der Waals surface area contributed by atoms with E-state index in [9.17, 15) is 0 Å². The van der Waals surface area contributed by atoms with Crippen molar-refractivity contribution in [1.29, 1.82) is 0 Å². The highest BCUT2D eigenvalue weighted by Gasteiger charge is 2.26. The average molecular weight is 724 g/mol. The lowest BCUT2D eigenvalue weighted by Gasteiger charge is -2.11. The summed E-state index contributed by atoms with van der Waals surface area (Å²) in [6, 6.07) is 54.5. The van der Waals surface area contributed by atoms with E-state index in [0.29, 0.717) is 11.7 Å². The largest absolute Gasteiger partial charge is 0.437 e. The summed E-state index contributed by atoms with van der Waals surface area (Å²) in [7, 11) is 0. The SMILES string of the molecule is c1ccc2c(c1)ccc1c2c2c3ccccc3c3c4ccccc4sc3c2n1-c1nc(-c2ccc3sc4ccccc4c3c2)c2c(n1)oc1ccccc12. The molecule has 0 N–H and O–H groups in total. The van der Waals surface area contributed by atoms with Crippen LogP contribution in [-0.4, -0.2) is 14.5 Å². The predicted octanol–water partition coefficient (Wildman–Crippen LogP) is 14.2. The Hall–Kier alpha value is -6.60. The molecule has 0 amide bonds. The molecule has 4 nitrogen and oxygen atoms in total. The van der Waals surface area contributed by atoms with Gasteiger partial charge in [0, 0.05) is 57.4 Å². The summed E-state index contributed by atoms with van der Waals surface area (Å²) in [5, 5.41) is 14.3. The van der Waals surface area contributed by atoms with Gasteiger partial charge in [0.1, 0.15) is 5.58 Å². The van der Waals surface area contributed by atoms with Crippen molar-refractivity contribution in [3.63, 3.8) is 0 Å². The fraction of sp³-hybridized carbons (Fsp3) is 0. The van der Waals surface area contributed by atoms with Gasteiger partial charge in [-0.15, -0.1) is 22.7 Å². The van der Waals surface area contributed by atoms with Gasteiger partial charge in [-0.05, 0) is 57.9 Å². The van der Waals surface area contributed by atoms with Crippen LogP contribution in [0.1, 0.15) is 0 Å². The van der Waals surface area contributed by atoms with Crippen LogP contribution in [0.2, 0.25) is 0 Å². The molecule has 0 spiro atoms. The minimum atomic E-state index is 0.579. The van der Waals surface area contributed by atoms with Crippen molar-refractivity contribution in [2.75, 3.05) is 0 Å². The highest BCUT2D eigenvalue weighted by atomic mass is 32.1. The molecule has 0 aliphatic heterocycles. The van der Waals surface area contributed by atoms with Crippen LogP contribution in [0.3, 0.4) is 0 Å². The molecule has 13 rings (SSSR count). The van der Waals surface area contributed by atoms with E-state index in [0.717, 1.165) is 38.6 Å². The molecule has 5 aromatic heterocycles. The van der Waals surface area contributed by atoms with Gasteiger partial charge >= 0.3 is 0 Å². The molecule has 0 fully saturated rings. The maximum atomic E-state index is 6.64. The molecule has 0 atom stereocenters. The van der Waals surface area contributed by atoms with Crippen molar-refractivity contribution in [3.05, 3.63) is 152 Å². The van der Waals surface area contributed by atoms with Crippen molar-refractivity contribution < 1.29 is 4.42 Å². The summed E-state index contributed by atoms with van der Waals surface area (Å²) in [5.41, 5.74) is 5.47. The molecule has 6 heteroatoms. The zero-order valence-corrected chi connectivity index (χ0v) is 30.1. The molecular weight excluding hydrogens is 699 g/mol. The van der Waals surface area contributed by atoms with E-state index >= 15 is 0 Å². The lowest BCUT2D eigenvalue weighted by atomic mass is 9.97. The summed E-state index contributed by atoms with van der Waals surface area (Å²) in [6.45, 7) is 0. The van der Waals surface area contributed by atoms with E-state index in [2.05, 4.69) is 144 Å². The molecule has 13 aromatic rings. The first-order valence-electron chi connectivity index (χ1n) is 18.1. The van der Waals surface area contributed by atoms with E-state index in [-0.39, 0.29) is 0 Å². The molecular formula is C48H25N3OS2. The van der Waals surface area contributed by atoms with E-state index in [1.165, 1.54) is 72.7 Å². The summed E-state index contributed by atoms with van der Waals surface area (Å²) in [5.74, 6) is 0.594. The maximum Gasteiger partial charge on any atom is 0.238 e. The van der Waals surface area contributed by atoms with Crippen LogP contribution in [0.15, 0.2) is 156 Å². The van der Waals surface area contributed by atoms with Crippen LogP contribution < -0.4 is 0 Å². The van der Waals surface area contributed by atoms with Crippen LogP contribution in [0.4, 0.5) is 0 Å². The normalized spacial score (nSPS) is 12.4. The Morgan fingerprint density at radius 3 is 1.98 bits per heavy atom. The number of nitrogens with zero attached hydrogens (tertiary/aromatic N) is 3. The van der Waals surface area contributed by atoms with E-state index in [4.69, 9.17) is 14.4 Å². The Morgan fingerprint density at radius 1 is 0.463 bits per heavy atom. The van der Waals surface area contributed by atoms with Gasteiger partial charge in [-0.3, -0.25) is 4.57 Å². The van der Waals surface area contributed by atoms with Gasteiger partial charge < -0.3 is 4.42 Å². The van der Waals surface area contributed by atoms with Crippen LogP contribution in [0.5, 0.6) is 0 Å². The van der Waals surface area contributed by atoms with Gasteiger partial charge in [-0.2, -0.15) is 4.98 Å². The number of fused-ring (bicyclic) bond motifs is 18. The lowest BCUT2D eigenvalue weighted by molar-refractivity contribution is 0.651. The molecule has 0 radical (unpaired) electrons. The molecule has 0 bridgehead atoms. The van der Waals surface area contributed by atoms with Crippen molar-refractivity contribution in [2.45, 2.75) is 0 Å². The van der Waals surface area contributed by atoms with Crippen molar-refractivity contribution in [3.8, 4) is 17.2 Å². The fourth-order valence-corrected chi connectivity index (χ4v) is 11.3. The van der Waals surface area contributed by atoms with Gasteiger partial charge in [0.15, 0.2) is 0 Å². The Morgan fingerprint density at radius 2 is 1.13 bits per heavy atom. The molecule has 0 saturated carbocycles. The number of hydrogen-bond acceptors (Lipinski definition) is 5. The molecule has 54 heavy (non-hydrogen) atoms. The third-order valence-electron chi connectivity index (χ3n) is 11.2. The second kappa shape index (κ2) is 10.5. The summed E-state index contributed by atoms with van der Waals surface area (Å²) in [6.07, 6.45) is 0. The van der Waals surface area contributed by atoms with Gasteiger partial charge in [0.2, 0.25) is 11.7 Å². The number of hydrogen-bond donors (Lipinski definition) is 0. The topological polar surface area (TPSA) is 43.9 Å². The Kier molecular flexibility index (Phi) is 5.63. The molecule has 250 valence electrons. The number of rotatable bonds is 2. The zero-order chi connectivity index (χ0) is 35.1. The molecule has 0 saturated heterocycles. The smallest absolute Gasteiger partial charge is 0.238 e. The van der Waals surface area contributed by atoms with Crippen molar-refractivity contribution in [1.82, 2.24) is 14.5 Å². The average Bonchev–Trinajstić information content (AvgIpc) is 3.99. The van der Waals surface area contributed by atoms with Gasteiger partial charge in [-0.25, -0.2) is 4.98 Å². The van der Waals surface area contributed by atoms with Crippen LogP contribution in [0.25, 0.3) is 123 Å². The van der Waals surface area contributed by atoms with Crippen molar-refractivity contribution >= 4 is 128 Å². The second-order valence-electron chi connectivity index (χ2n) is 14.0. The molecule has 5 heterocycles. The second-order valence-corrected chi connectivity index (χ2v) is 16.2. The highest BCUT2D eigenvalue weighted by Crippen LogP contribution is 2.49. The quantitative estimate of drug-likeness (QED) is 0.178. The first-order valence-corrected chi connectivity index (χ1v) is 19.7. The lowest BCUT2D eigenvalue weighted by Crippen LogP contribution is -2.03. The van der Waals surface area contributed by atoms with Crippen LogP contribution in [0, 0.1) is 0 Å². The third-order valence-corrected chi connectivity index (χ3v) is 13.5. The van der Waals surface area contributed by atoms with E-state index < -0.39 is 0 Å². The zero-order valence-electron chi connectivity index (χ0n) is 28.5. The summed E-state index contributed by atoms with van der Waals surface area (Å²) < 4.78 is 14.0. The monoisotopic (exact) mass is 723 g/mol. The summed E-state index contributed by atoms with van der Waals surface area (Å²) >= 11 is 3.68. The molecule has 0 unspecified atom stereocenters. The first-order chi connectivity index (χ1) is 26.8. The number of benzene rings is 8. The maximum absolute atomic E-state index is 6.64. The minimum absolute atomic E-state index is 0.579. The van der Waals surface area contributed by atoms with Gasteiger partial charge in [0.05, 0.1) is 26.8 Å². The molecule has 8 aromatic carbocycles. The van der Waals surface area contributed by atoms with Gasteiger partial charge in [-0.1, -0.05) is 115 Å². The van der Waals surface area contributed by atoms with Crippen molar-refractivity contribution in [2.24, 2.45) is 0 Å². The Labute approximate surface area is 314 Å². The van der Waals surface area contributed by atoms with Crippen LogP contribution >= 0.6 is 22.7 Å². The first kappa shape index (κ1) is 28.9. The number of furan rings is 1. The molecule has 0 aliphatic rings. The van der Waals surface area contributed by atoms with Gasteiger partial charge in [0.25, 0.3) is 0 Å². The number of para-hydroxylation sites is 1. The minimum Gasteiger partial charge on any atom is -0.437 e. The number of aromatic nitrogens is 3. The van der Waals surface area contributed by atoms with E-state index in [1.807, 2.05) is 34.8 Å². The predicted molar refractivity (Wildman–Crippen MR) is 230 cm³/mol. The highest BCUT2D eigenvalue weighted by molar-refractivity contribution is 7.27. The standard InChI is InChI=1S/C48H25N3OS2/c1-2-12-28-26(11-1)21-23-35-41(28)42-31-15-4-3-14-30(31)40-33-17-7-10-20-38(33)54-46(40)45(42)51(35)48-49-44(43-32-16-5-8-18-36(32)52-47(43)50-48)27-22-24-39-34(25-27)29-13-6-9-19-37(29)53-39/h1-25H. The van der Waals surface area contributed by atoms with E-state index in [1.54, 1.807) is 0 Å². The number of thiophene rings is 2. The third kappa shape index (κ3) is 3.75. The molecule has 0 aliphatic carbocycles. The Bertz CT molecular complexity index is 3750. The Balaban J connectivity index is 1.25. The summed E-state index contributed by atoms with van der Waals surface area (Å²) in [4.78, 5) is 11.0. The fourth-order valence-electron chi connectivity index (χ4n) is 8.94. The van der Waals surface area contributed by atoms with Crippen LogP contribution in [-0.2, 0) is 0 Å².